The largest absolute Gasteiger partial charge is 0.493 e. The first kappa shape index (κ1) is 20.5. The van der Waals surface area contributed by atoms with Gasteiger partial charge in [0.05, 0.1) is 14.2 Å². The van der Waals surface area contributed by atoms with E-state index in [2.05, 4.69) is 16.4 Å². The van der Waals surface area contributed by atoms with Crippen LogP contribution in [0, 0.1) is 0 Å². The standard InChI is InChI=1S/C26H26N2O3/c1-30-24-14-8-12-20(26(24)31-2)21(22-17-27-23-13-7-6-11-19(22)23)15-25(29)28-16-18-9-4-3-5-10-18/h3-14,17,21,27H,15-16H2,1-2H3,(H,28,29)/t21-/m0/s1. The Morgan fingerprint density at radius 1 is 0.903 bits per heavy atom. The summed E-state index contributed by atoms with van der Waals surface area (Å²) in [5, 5.41) is 4.15. The SMILES string of the molecule is COc1cccc([C@H](CC(=O)NCc2ccccc2)c2c[nH]c3ccccc23)c1OC. The van der Waals surface area contributed by atoms with Crippen molar-refractivity contribution in [3.63, 3.8) is 0 Å². The maximum absolute atomic E-state index is 13.0. The van der Waals surface area contributed by atoms with Gasteiger partial charge in [-0.15, -0.1) is 0 Å². The highest BCUT2D eigenvalue weighted by Crippen LogP contribution is 2.41. The second-order valence-corrected chi connectivity index (χ2v) is 7.39. The molecule has 1 aromatic heterocycles. The van der Waals surface area contributed by atoms with Gasteiger partial charge in [-0.2, -0.15) is 0 Å². The molecule has 2 N–H and O–H groups in total. The number of aromatic amines is 1. The number of fused-ring (bicyclic) bond motifs is 1. The van der Waals surface area contributed by atoms with E-state index in [0.717, 1.165) is 27.6 Å². The second kappa shape index (κ2) is 9.39. The zero-order valence-electron chi connectivity index (χ0n) is 17.7. The van der Waals surface area contributed by atoms with Gasteiger partial charge in [0.1, 0.15) is 0 Å². The Morgan fingerprint density at radius 2 is 1.68 bits per heavy atom. The predicted octanol–water partition coefficient (Wildman–Crippen LogP) is 5.02. The van der Waals surface area contributed by atoms with Gasteiger partial charge < -0.3 is 19.8 Å². The number of H-pyrrole nitrogens is 1. The van der Waals surface area contributed by atoms with E-state index >= 15 is 0 Å². The van der Waals surface area contributed by atoms with Crippen LogP contribution in [-0.2, 0) is 11.3 Å². The molecule has 158 valence electrons. The molecule has 1 atom stereocenters. The van der Waals surface area contributed by atoms with Crippen LogP contribution in [0.5, 0.6) is 11.5 Å². The number of carbonyl (C=O) groups excluding carboxylic acids is 1. The summed E-state index contributed by atoms with van der Waals surface area (Å²) < 4.78 is 11.2. The van der Waals surface area contributed by atoms with E-state index in [-0.39, 0.29) is 18.2 Å². The van der Waals surface area contributed by atoms with Crippen molar-refractivity contribution in [1.82, 2.24) is 10.3 Å². The fraction of sp³-hybridized carbons (Fsp3) is 0.192. The molecule has 0 radical (unpaired) electrons. The van der Waals surface area contributed by atoms with Crippen LogP contribution in [-0.4, -0.2) is 25.1 Å². The molecule has 0 fully saturated rings. The summed E-state index contributed by atoms with van der Waals surface area (Å²) in [6.07, 6.45) is 2.27. The molecular formula is C26H26N2O3. The quantitative estimate of drug-likeness (QED) is 0.425. The Morgan fingerprint density at radius 3 is 2.45 bits per heavy atom. The highest BCUT2D eigenvalue weighted by Gasteiger charge is 2.25. The Balaban J connectivity index is 1.69. The fourth-order valence-electron chi connectivity index (χ4n) is 4.01. The van der Waals surface area contributed by atoms with Crippen LogP contribution in [0.4, 0.5) is 0 Å². The molecule has 0 aliphatic heterocycles. The fourth-order valence-corrected chi connectivity index (χ4v) is 4.01. The third-order valence-electron chi connectivity index (χ3n) is 5.53. The maximum atomic E-state index is 13.0. The van der Waals surface area contributed by atoms with Crippen molar-refractivity contribution in [3.8, 4) is 11.5 Å². The third-order valence-corrected chi connectivity index (χ3v) is 5.53. The van der Waals surface area contributed by atoms with E-state index in [1.165, 1.54) is 0 Å². The van der Waals surface area contributed by atoms with Crippen LogP contribution < -0.4 is 14.8 Å². The van der Waals surface area contributed by atoms with Crippen molar-refractivity contribution in [3.05, 3.63) is 95.7 Å². The average molecular weight is 415 g/mol. The van der Waals surface area contributed by atoms with Crippen molar-refractivity contribution in [2.24, 2.45) is 0 Å². The van der Waals surface area contributed by atoms with Crippen molar-refractivity contribution in [2.75, 3.05) is 14.2 Å². The molecule has 0 saturated carbocycles. The van der Waals surface area contributed by atoms with Crippen molar-refractivity contribution < 1.29 is 14.3 Å². The van der Waals surface area contributed by atoms with Gasteiger partial charge in [0, 0.05) is 41.5 Å². The molecule has 31 heavy (non-hydrogen) atoms. The Hall–Kier alpha value is -3.73. The smallest absolute Gasteiger partial charge is 0.221 e. The number of benzene rings is 3. The minimum Gasteiger partial charge on any atom is -0.493 e. The predicted molar refractivity (Wildman–Crippen MR) is 123 cm³/mol. The lowest BCUT2D eigenvalue weighted by Gasteiger charge is -2.21. The van der Waals surface area contributed by atoms with Gasteiger partial charge in [-0.3, -0.25) is 4.79 Å². The van der Waals surface area contributed by atoms with Gasteiger partial charge in [-0.25, -0.2) is 0 Å². The molecule has 4 aromatic rings. The van der Waals surface area contributed by atoms with Crippen LogP contribution in [0.2, 0.25) is 0 Å². The molecule has 5 nitrogen and oxygen atoms in total. The van der Waals surface area contributed by atoms with E-state index < -0.39 is 0 Å². The molecule has 0 aliphatic rings. The maximum Gasteiger partial charge on any atom is 0.221 e. The summed E-state index contributed by atoms with van der Waals surface area (Å²) in [6, 6.07) is 23.8. The van der Waals surface area contributed by atoms with Crippen LogP contribution in [0.15, 0.2) is 79.0 Å². The van der Waals surface area contributed by atoms with Crippen LogP contribution >= 0.6 is 0 Å². The molecule has 0 unspecified atom stereocenters. The molecule has 3 aromatic carbocycles. The number of carbonyl (C=O) groups is 1. The van der Waals surface area contributed by atoms with Crippen LogP contribution in [0.1, 0.15) is 29.0 Å². The van der Waals surface area contributed by atoms with Crippen molar-refractivity contribution in [1.29, 1.82) is 0 Å². The molecule has 0 spiro atoms. The van der Waals surface area contributed by atoms with E-state index in [4.69, 9.17) is 9.47 Å². The van der Waals surface area contributed by atoms with Crippen molar-refractivity contribution in [2.45, 2.75) is 18.9 Å². The molecular weight excluding hydrogens is 388 g/mol. The lowest BCUT2D eigenvalue weighted by atomic mass is 9.87. The van der Waals surface area contributed by atoms with E-state index in [0.29, 0.717) is 18.0 Å². The number of hydrogen-bond acceptors (Lipinski definition) is 3. The summed E-state index contributed by atoms with van der Waals surface area (Å²) in [5.41, 5.74) is 4.07. The van der Waals surface area contributed by atoms with Gasteiger partial charge >= 0.3 is 0 Å². The van der Waals surface area contributed by atoms with Crippen molar-refractivity contribution >= 4 is 16.8 Å². The Kier molecular flexibility index (Phi) is 6.22. The number of amides is 1. The zero-order valence-corrected chi connectivity index (χ0v) is 17.7. The van der Waals surface area contributed by atoms with E-state index in [1.807, 2.05) is 72.9 Å². The number of para-hydroxylation sites is 2. The highest BCUT2D eigenvalue weighted by molar-refractivity contribution is 5.86. The summed E-state index contributed by atoms with van der Waals surface area (Å²) in [5.74, 6) is 1.08. The lowest BCUT2D eigenvalue weighted by Crippen LogP contribution is -2.25. The molecule has 1 amide bonds. The summed E-state index contributed by atoms with van der Waals surface area (Å²) in [4.78, 5) is 16.3. The van der Waals surface area contributed by atoms with E-state index in [9.17, 15) is 4.79 Å². The van der Waals surface area contributed by atoms with E-state index in [1.54, 1.807) is 14.2 Å². The molecule has 4 rings (SSSR count). The number of ether oxygens (including phenoxy) is 2. The first-order valence-electron chi connectivity index (χ1n) is 10.3. The lowest BCUT2D eigenvalue weighted by molar-refractivity contribution is -0.121. The molecule has 0 bridgehead atoms. The third kappa shape index (κ3) is 4.40. The molecule has 1 heterocycles. The number of methoxy groups -OCH3 is 2. The summed E-state index contributed by atoms with van der Waals surface area (Å²) in [6.45, 7) is 0.496. The number of nitrogens with one attached hydrogen (secondary N) is 2. The van der Waals surface area contributed by atoms with Gasteiger partial charge in [-0.1, -0.05) is 60.7 Å². The second-order valence-electron chi connectivity index (χ2n) is 7.39. The first-order chi connectivity index (χ1) is 15.2. The Labute approximate surface area is 182 Å². The molecule has 0 saturated heterocycles. The highest BCUT2D eigenvalue weighted by atomic mass is 16.5. The van der Waals surface area contributed by atoms with Gasteiger partial charge in [-0.05, 0) is 23.3 Å². The normalized spacial score (nSPS) is 11.8. The zero-order chi connectivity index (χ0) is 21.6. The van der Waals surface area contributed by atoms with Crippen LogP contribution in [0.3, 0.4) is 0 Å². The Bertz CT molecular complexity index is 1170. The minimum absolute atomic E-state index is 0.0241. The summed E-state index contributed by atoms with van der Waals surface area (Å²) >= 11 is 0. The number of hydrogen-bond donors (Lipinski definition) is 2. The number of aromatic nitrogens is 1. The molecule has 0 aliphatic carbocycles. The number of rotatable bonds is 8. The van der Waals surface area contributed by atoms with Gasteiger partial charge in [0.15, 0.2) is 11.5 Å². The monoisotopic (exact) mass is 414 g/mol. The van der Waals surface area contributed by atoms with Crippen LogP contribution in [0.25, 0.3) is 10.9 Å². The minimum atomic E-state index is -0.197. The topological polar surface area (TPSA) is 63.3 Å². The van der Waals surface area contributed by atoms with Gasteiger partial charge in [0.25, 0.3) is 0 Å². The molecule has 5 heteroatoms. The summed E-state index contributed by atoms with van der Waals surface area (Å²) in [7, 11) is 3.25. The average Bonchev–Trinajstić information content (AvgIpc) is 3.25. The first-order valence-corrected chi connectivity index (χ1v) is 10.3. The van der Waals surface area contributed by atoms with Gasteiger partial charge in [0.2, 0.25) is 5.91 Å².